The molecule has 0 radical (unpaired) electrons. The number of hydrogen-bond donors (Lipinski definition) is 0. The summed E-state index contributed by atoms with van der Waals surface area (Å²) in [4.78, 5) is 8.08. The van der Waals surface area contributed by atoms with Gasteiger partial charge in [0.2, 0.25) is 0 Å². The van der Waals surface area contributed by atoms with E-state index in [-0.39, 0.29) is 0 Å². The molecular weight excluding hydrogens is 306 g/mol. The monoisotopic (exact) mass is 347 g/mol. The molecule has 1 spiro atoms. The summed E-state index contributed by atoms with van der Waals surface area (Å²) in [5.41, 5.74) is 1.47. The van der Waals surface area contributed by atoms with Gasteiger partial charge in [-0.25, -0.2) is 0 Å². The fraction of sp³-hybridized carbons (Fsp3) is 1.00. The lowest BCUT2D eigenvalue weighted by Crippen LogP contribution is -2.53. The van der Waals surface area contributed by atoms with Crippen LogP contribution in [0, 0.1) is 22.7 Å². The van der Waals surface area contributed by atoms with Crippen molar-refractivity contribution >= 4 is 0 Å². The van der Waals surface area contributed by atoms with Crippen molar-refractivity contribution in [3.63, 3.8) is 0 Å². The number of piperidine rings is 1. The van der Waals surface area contributed by atoms with Gasteiger partial charge >= 0.3 is 0 Å². The highest BCUT2D eigenvalue weighted by atomic mass is 15.3. The average Bonchev–Trinajstić information content (AvgIpc) is 3.28. The highest BCUT2D eigenvalue weighted by Gasteiger charge is 2.46. The molecule has 0 amide bonds. The average molecular weight is 348 g/mol. The molecule has 0 atom stereocenters. The largest absolute Gasteiger partial charge is 0.306 e. The highest BCUT2D eigenvalue weighted by Crippen LogP contribution is 2.53. The minimum Gasteiger partial charge on any atom is -0.306 e. The Morgan fingerprint density at radius 1 is 0.840 bits per heavy atom. The third-order valence-electron chi connectivity index (χ3n) is 7.83. The van der Waals surface area contributed by atoms with Crippen molar-refractivity contribution in [2.45, 2.75) is 58.8 Å². The highest BCUT2D eigenvalue weighted by molar-refractivity contribution is 4.99. The van der Waals surface area contributed by atoms with Crippen LogP contribution >= 0.6 is 0 Å². The first kappa shape index (κ1) is 18.3. The van der Waals surface area contributed by atoms with Crippen LogP contribution in [0.2, 0.25) is 0 Å². The topological polar surface area (TPSA) is 9.72 Å². The fourth-order valence-corrected chi connectivity index (χ4v) is 6.23. The molecule has 0 bridgehead atoms. The van der Waals surface area contributed by atoms with Crippen molar-refractivity contribution in [1.29, 1.82) is 0 Å². The van der Waals surface area contributed by atoms with E-state index < -0.39 is 0 Å². The van der Waals surface area contributed by atoms with Crippen molar-refractivity contribution in [2.24, 2.45) is 22.7 Å². The van der Waals surface area contributed by atoms with Crippen LogP contribution in [0.3, 0.4) is 0 Å². The van der Waals surface area contributed by atoms with Gasteiger partial charge in [-0.3, -0.25) is 0 Å². The lowest BCUT2D eigenvalue weighted by Gasteiger charge is -2.53. The molecule has 0 aromatic heterocycles. The standard InChI is InChI=1S/C22H41N3/c1-19(2)14-22(4-5-22)18-25-12-10-24(11-13-25)17-20-15-21(16-20)6-8-23(3)9-7-21/h19-20H,4-18H2,1-3H3. The Hall–Kier alpha value is -0.120. The summed E-state index contributed by atoms with van der Waals surface area (Å²) >= 11 is 0. The zero-order valence-corrected chi connectivity index (χ0v) is 17.1. The van der Waals surface area contributed by atoms with Crippen LogP contribution in [-0.2, 0) is 0 Å². The van der Waals surface area contributed by atoms with Crippen molar-refractivity contribution in [3.05, 3.63) is 0 Å². The molecule has 2 aliphatic heterocycles. The van der Waals surface area contributed by atoms with Gasteiger partial charge in [-0.2, -0.15) is 0 Å². The Kier molecular flexibility index (Phi) is 5.20. The van der Waals surface area contributed by atoms with E-state index in [0.29, 0.717) is 5.41 Å². The third kappa shape index (κ3) is 4.42. The second-order valence-corrected chi connectivity index (χ2v) is 10.8. The number of nitrogens with zero attached hydrogens (tertiary/aromatic N) is 3. The van der Waals surface area contributed by atoms with E-state index in [0.717, 1.165) is 17.3 Å². The zero-order valence-electron chi connectivity index (χ0n) is 17.1. The molecule has 0 N–H and O–H groups in total. The van der Waals surface area contributed by atoms with Gasteiger partial charge in [-0.05, 0) is 87.7 Å². The van der Waals surface area contributed by atoms with Crippen LogP contribution in [0.25, 0.3) is 0 Å². The summed E-state index contributed by atoms with van der Waals surface area (Å²) < 4.78 is 0. The van der Waals surface area contributed by atoms with E-state index in [1.54, 1.807) is 0 Å². The van der Waals surface area contributed by atoms with Crippen LogP contribution in [-0.4, -0.2) is 74.1 Å². The van der Waals surface area contributed by atoms with Crippen molar-refractivity contribution in [3.8, 4) is 0 Å². The molecule has 0 unspecified atom stereocenters. The number of rotatable bonds is 6. The molecule has 25 heavy (non-hydrogen) atoms. The fourth-order valence-electron chi connectivity index (χ4n) is 6.23. The van der Waals surface area contributed by atoms with Crippen LogP contribution in [0.5, 0.6) is 0 Å². The summed E-state index contributed by atoms with van der Waals surface area (Å²) in [5, 5.41) is 0. The predicted octanol–water partition coefficient (Wildman–Crippen LogP) is 3.55. The SMILES string of the molecule is CC(C)CC1(CN2CCN(CC3CC4(CCN(C)CC4)C3)CC2)CC1. The molecule has 0 aromatic rings. The molecule has 4 fully saturated rings. The Bertz CT molecular complexity index is 432. The van der Waals surface area contributed by atoms with Gasteiger partial charge in [-0.1, -0.05) is 13.8 Å². The van der Waals surface area contributed by atoms with E-state index in [4.69, 9.17) is 0 Å². The zero-order chi connectivity index (χ0) is 17.5. The number of piperazine rings is 1. The first-order valence-electron chi connectivity index (χ1n) is 11.1. The summed E-state index contributed by atoms with van der Waals surface area (Å²) in [6, 6.07) is 0. The maximum Gasteiger partial charge on any atom is 0.0110 e. The van der Waals surface area contributed by atoms with Gasteiger partial charge in [-0.15, -0.1) is 0 Å². The molecular formula is C22H41N3. The van der Waals surface area contributed by atoms with Gasteiger partial charge in [0.05, 0.1) is 0 Å². The van der Waals surface area contributed by atoms with Crippen molar-refractivity contribution in [1.82, 2.24) is 14.7 Å². The first-order chi connectivity index (χ1) is 12.0. The number of hydrogen-bond acceptors (Lipinski definition) is 3. The molecule has 4 aliphatic rings. The van der Waals surface area contributed by atoms with Crippen LogP contribution < -0.4 is 0 Å². The van der Waals surface area contributed by atoms with Crippen molar-refractivity contribution < 1.29 is 0 Å². The third-order valence-corrected chi connectivity index (χ3v) is 7.83. The van der Waals surface area contributed by atoms with Crippen LogP contribution in [0.1, 0.15) is 58.8 Å². The summed E-state index contributed by atoms with van der Waals surface area (Å²) in [6.07, 6.45) is 10.4. The quantitative estimate of drug-likeness (QED) is 0.727. The van der Waals surface area contributed by atoms with E-state index in [2.05, 4.69) is 35.6 Å². The number of likely N-dealkylation sites (tertiary alicyclic amines) is 1. The van der Waals surface area contributed by atoms with Gasteiger partial charge in [0.25, 0.3) is 0 Å². The smallest absolute Gasteiger partial charge is 0.0110 e. The molecule has 2 saturated carbocycles. The first-order valence-corrected chi connectivity index (χ1v) is 11.1. The maximum absolute atomic E-state index is 2.78. The maximum atomic E-state index is 2.78. The van der Waals surface area contributed by atoms with Gasteiger partial charge in [0.15, 0.2) is 0 Å². The van der Waals surface area contributed by atoms with E-state index >= 15 is 0 Å². The Balaban J connectivity index is 1.14. The predicted molar refractivity (Wildman–Crippen MR) is 106 cm³/mol. The van der Waals surface area contributed by atoms with Crippen molar-refractivity contribution in [2.75, 3.05) is 59.4 Å². The molecule has 144 valence electrons. The van der Waals surface area contributed by atoms with Gasteiger partial charge < -0.3 is 14.7 Å². The molecule has 2 heterocycles. The molecule has 2 aliphatic carbocycles. The minimum atomic E-state index is 0.713. The summed E-state index contributed by atoms with van der Waals surface area (Å²) in [6.45, 7) is 15.5. The lowest BCUT2D eigenvalue weighted by atomic mass is 9.57. The molecule has 2 saturated heterocycles. The summed E-state index contributed by atoms with van der Waals surface area (Å²) in [5.74, 6) is 1.87. The van der Waals surface area contributed by atoms with E-state index in [9.17, 15) is 0 Å². The Morgan fingerprint density at radius 3 is 2.00 bits per heavy atom. The normalized spacial score (nSPS) is 30.7. The second kappa shape index (κ2) is 7.13. The van der Waals surface area contributed by atoms with E-state index in [1.807, 2.05) is 0 Å². The molecule has 3 heteroatoms. The van der Waals surface area contributed by atoms with Gasteiger partial charge in [0, 0.05) is 39.3 Å². The minimum absolute atomic E-state index is 0.713. The Morgan fingerprint density at radius 2 is 1.44 bits per heavy atom. The Labute approximate surface area is 156 Å². The second-order valence-electron chi connectivity index (χ2n) is 10.8. The van der Waals surface area contributed by atoms with Crippen LogP contribution in [0.15, 0.2) is 0 Å². The molecule has 3 nitrogen and oxygen atoms in total. The van der Waals surface area contributed by atoms with E-state index in [1.165, 1.54) is 97.3 Å². The lowest BCUT2D eigenvalue weighted by molar-refractivity contribution is -0.0268. The molecule has 0 aromatic carbocycles. The molecule has 4 rings (SSSR count). The van der Waals surface area contributed by atoms with Gasteiger partial charge in [0.1, 0.15) is 0 Å². The summed E-state index contributed by atoms with van der Waals surface area (Å²) in [7, 11) is 2.29. The van der Waals surface area contributed by atoms with Crippen LogP contribution in [0.4, 0.5) is 0 Å².